The number of H-pyrrole nitrogens is 1. The second-order valence-electron chi connectivity index (χ2n) is 7.41. The van der Waals surface area contributed by atoms with Crippen LogP contribution in [0, 0.1) is 13.8 Å². The van der Waals surface area contributed by atoms with Crippen LogP contribution in [-0.2, 0) is 6.42 Å². The summed E-state index contributed by atoms with van der Waals surface area (Å²) in [6.45, 7) is 9.40. The summed E-state index contributed by atoms with van der Waals surface area (Å²) in [4.78, 5) is 3.37. The maximum atomic E-state index is 4.26. The Morgan fingerprint density at radius 3 is 2.68 bits per heavy atom. The molecule has 4 aromatic rings. The van der Waals surface area contributed by atoms with Gasteiger partial charge in [0.2, 0.25) is 0 Å². The van der Waals surface area contributed by atoms with Crippen LogP contribution in [0.1, 0.15) is 22.3 Å². The Kier molecular flexibility index (Phi) is 5.03. The van der Waals surface area contributed by atoms with E-state index in [-0.39, 0.29) is 0 Å². The predicted molar refractivity (Wildman–Crippen MR) is 120 cm³/mol. The Morgan fingerprint density at radius 1 is 0.964 bits per heavy atom. The van der Waals surface area contributed by atoms with Gasteiger partial charge >= 0.3 is 0 Å². The van der Waals surface area contributed by atoms with E-state index in [1.54, 1.807) is 0 Å². The highest BCUT2D eigenvalue weighted by Gasteiger charge is 2.06. The average molecular weight is 367 g/mol. The number of hydrogen-bond donors (Lipinski definition) is 2. The summed E-state index contributed by atoms with van der Waals surface area (Å²) in [6, 6.07) is 23.6. The van der Waals surface area contributed by atoms with E-state index in [2.05, 4.69) is 104 Å². The van der Waals surface area contributed by atoms with Gasteiger partial charge in [-0.3, -0.25) is 0 Å². The van der Waals surface area contributed by atoms with Gasteiger partial charge in [-0.25, -0.2) is 0 Å². The average Bonchev–Trinajstić information content (AvgIpc) is 3.10. The monoisotopic (exact) mass is 366 g/mol. The summed E-state index contributed by atoms with van der Waals surface area (Å²) in [7, 11) is 0. The van der Waals surface area contributed by atoms with Crippen LogP contribution < -0.4 is 5.32 Å². The molecule has 0 amide bonds. The molecule has 2 heteroatoms. The number of aromatic nitrogens is 1. The van der Waals surface area contributed by atoms with Gasteiger partial charge in [-0.2, -0.15) is 0 Å². The van der Waals surface area contributed by atoms with Gasteiger partial charge in [-0.05, 0) is 66.3 Å². The van der Waals surface area contributed by atoms with E-state index >= 15 is 0 Å². The van der Waals surface area contributed by atoms with Crippen LogP contribution in [0.2, 0.25) is 0 Å². The minimum Gasteiger partial charge on any atom is -0.385 e. The fraction of sp³-hybridized carbons (Fsp3) is 0.154. The van der Waals surface area contributed by atoms with Crippen molar-refractivity contribution in [1.29, 1.82) is 0 Å². The van der Waals surface area contributed by atoms with Crippen LogP contribution in [0.4, 0.5) is 0 Å². The van der Waals surface area contributed by atoms with Crippen molar-refractivity contribution in [2.75, 3.05) is 6.54 Å². The molecule has 140 valence electrons. The van der Waals surface area contributed by atoms with Gasteiger partial charge in [0, 0.05) is 29.3 Å². The lowest BCUT2D eigenvalue weighted by Gasteiger charge is -2.12. The Balaban J connectivity index is 1.45. The Bertz CT molecular complexity index is 1130. The molecule has 0 fully saturated rings. The molecule has 0 saturated carbocycles. The largest absolute Gasteiger partial charge is 0.385 e. The topological polar surface area (TPSA) is 27.8 Å². The molecular weight excluding hydrogens is 340 g/mol. The van der Waals surface area contributed by atoms with Crippen LogP contribution >= 0.6 is 0 Å². The molecule has 0 atom stereocenters. The number of aromatic amines is 1. The SMILES string of the molecule is C=C(NCCc1c[nH]c2ccc(C)cc12)c1cccc(-c2ccccc2C)c1. The lowest BCUT2D eigenvalue weighted by atomic mass is 9.98. The number of hydrogen-bond acceptors (Lipinski definition) is 1. The molecule has 1 aromatic heterocycles. The summed E-state index contributed by atoms with van der Waals surface area (Å²) < 4.78 is 0. The molecule has 4 rings (SSSR count). The molecule has 0 aliphatic carbocycles. The third-order valence-electron chi connectivity index (χ3n) is 5.32. The van der Waals surface area contributed by atoms with Gasteiger partial charge in [-0.1, -0.05) is 60.7 Å². The van der Waals surface area contributed by atoms with Gasteiger partial charge in [0.1, 0.15) is 0 Å². The molecule has 2 N–H and O–H groups in total. The minimum absolute atomic E-state index is 0.855. The van der Waals surface area contributed by atoms with Gasteiger partial charge in [0.25, 0.3) is 0 Å². The summed E-state index contributed by atoms with van der Waals surface area (Å²) in [5.74, 6) is 0. The van der Waals surface area contributed by atoms with Crippen molar-refractivity contribution >= 4 is 16.6 Å². The third-order valence-corrected chi connectivity index (χ3v) is 5.32. The first-order valence-corrected chi connectivity index (χ1v) is 9.77. The first kappa shape index (κ1) is 18.1. The molecule has 0 bridgehead atoms. The second-order valence-corrected chi connectivity index (χ2v) is 7.41. The summed E-state index contributed by atoms with van der Waals surface area (Å²) in [5, 5.41) is 4.82. The van der Waals surface area contributed by atoms with Crippen LogP contribution in [-0.4, -0.2) is 11.5 Å². The first-order chi connectivity index (χ1) is 13.6. The van der Waals surface area contributed by atoms with Crippen molar-refractivity contribution in [3.05, 3.63) is 102 Å². The van der Waals surface area contributed by atoms with Gasteiger partial charge < -0.3 is 10.3 Å². The molecule has 1 heterocycles. The molecule has 0 aliphatic heterocycles. The third kappa shape index (κ3) is 3.72. The highest BCUT2D eigenvalue weighted by atomic mass is 14.9. The van der Waals surface area contributed by atoms with Crippen LogP contribution in [0.5, 0.6) is 0 Å². The molecular formula is C26H26N2. The van der Waals surface area contributed by atoms with Gasteiger partial charge in [-0.15, -0.1) is 0 Å². The Labute approximate surface area is 166 Å². The fourth-order valence-corrected chi connectivity index (χ4v) is 3.72. The van der Waals surface area contributed by atoms with Crippen molar-refractivity contribution in [3.8, 4) is 11.1 Å². The highest BCUT2D eigenvalue weighted by molar-refractivity contribution is 5.84. The number of rotatable bonds is 6. The zero-order chi connectivity index (χ0) is 19.5. The molecule has 2 nitrogen and oxygen atoms in total. The minimum atomic E-state index is 0.855. The smallest absolute Gasteiger partial charge is 0.0456 e. The van der Waals surface area contributed by atoms with E-state index < -0.39 is 0 Å². The first-order valence-electron chi connectivity index (χ1n) is 9.77. The molecule has 28 heavy (non-hydrogen) atoms. The lowest BCUT2D eigenvalue weighted by Crippen LogP contribution is -2.15. The predicted octanol–water partition coefficient (Wildman–Crippen LogP) is 6.25. The molecule has 0 radical (unpaired) electrons. The van der Waals surface area contributed by atoms with E-state index in [0.717, 1.165) is 24.2 Å². The summed E-state index contributed by atoms with van der Waals surface area (Å²) in [5.41, 5.74) is 9.71. The second kappa shape index (κ2) is 7.77. The van der Waals surface area contributed by atoms with Crippen LogP contribution in [0.3, 0.4) is 0 Å². The van der Waals surface area contributed by atoms with Crippen LogP contribution in [0.25, 0.3) is 27.7 Å². The number of fused-ring (bicyclic) bond motifs is 1. The molecule has 0 saturated heterocycles. The molecule has 0 aliphatic rings. The van der Waals surface area contributed by atoms with E-state index in [1.807, 2.05) is 0 Å². The fourth-order valence-electron chi connectivity index (χ4n) is 3.72. The summed E-state index contributed by atoms with van der Waals surface area (Å²) in [6.07, 6.45) is 3.08. The standard InChI is InChI=1S/C26H26N2/c1-18-11-12-26-25(15-18)23(17-28-26)13-14-27-20(3)21-8-6-9-22(16-21)24-10-5-4-7-19(24)2/h4-12,15-17,27-28H,3,13-14H2,1-2H3. The van der Waals surface area contributed by atoms with Crippen molar-refractivity contribution in [2.45, 2.75) is 20.3 Å². The van der Waals surface area contributed by atoms with E-state index in [0.29, 0.717) is 0 Å². The van der Waals surface area contributed by atoms with Crippen molar-refractivity contribution < 1.29 is 0 Å². The summed E-state index contributed by atoms with van der Waals surface area (Å²) >= 11 is 0. The van der Waals surface area contributed by atoms with Crippen molar-refractivity contribution in [2.24, 2.45) is 0 Å². The molecule has 0 spiro atoms. The number of benzene rings is 3. The highest BCUT2D eigenvalue weighted by Crippen LogP contribution is 2.25. The number of nitrogens with one attached hydrogen (secondary N) is 2. The maximum Gasteiger partial charge on any atom is 0.0456 e. The molecule has 0 unspecified atom stereocenters. The van der Waals surface area contributed by atoms with Crippen LogP contribution in [0.15, 0.2) is 79.5 Å². The maximum absolute atomic E-state index is 4.26. The Hall–Kier alpha value is -3.26. The zero-order valence-corrected chi connectivity index (χ0v) is 16.5. The van der Waals surface area contributed by atoms with E-state index in [9.17, 15) is 0 Å². The number of aryl methyl sites for hydroxylation is 2. The lowest BCUT2D eigenvalue weighted by molar-refractivity contribution is 0.853. The van der Waals surface area contributed by atoms with Crippen molar-refractivity contribution in [1.82, 2.24) is 10.3 Å². The quantitative estimate of drug-likeness (QED) is 0.414. The zero-order valence-electron chi connectivity index (χ0n) is 16.5. The van der Waals surface area contributed by atoms with E-state index in [4.69, 9.17) is 0 Å². The van der Waals surface area contributed by atoms with E-state index in [1.165, 1.54) is 38.7 Å². The Morgan fingerprint density at radius 2 is 1.82 bits per heavy atom. The van der Waals surface area contributed by atoms with Gasteiger partial charge in [0.15, 0.2) is 0 Å². The van der Waals surface area contributed by atoms with Gasteiger partial charge in [0.05, 0.1) is 0 Å². The van der Waals surface area contributed by atoms with Crippen molar-refractivity contribution in [3.63, 3.8) is 0 Å². The molecule has 3 aromatic carbocycles. The normalized spacial score (nSPS) is 10.9.